The van der Waals surface area contributed by atoms with Crippen molar-refractivity contribution in [1.82, 2.24) is 5.32 Å². The number of primary amides is 1. The van der Waals surface area contributed by atoms with E-state index in [1.165, 1.54) is 6.92 Å². The number of nitrogens with two attached hydrogens (primary N) is 1. The van der Waals surface area contributed by atoms with E-state index in [0.29, 0.717) is 0 Å². The van der Waals surface area contributed by atoms with Crippen molar-refractivity contribution in [3.8, 4) is 0 Å². The number of amides is 3. The van der Waals surface area contributed by atoms with E-state index in [9.17, 15) is 9.59 Å². The molecule has 0 rings (SSSR count). The zero-order chi connectivity index (χ0) is 7.44. The first-order valence-corrected chi connectivity index (χ1v) is 2.72. The number of halogens is 1. The van der Waals surface area contributed by atoms with Gasteiger partial charge in [-0.1, -0.05) is 0 Å². The van der Waals surface area contributed by atoms with Gasteiger partial charge in [0.1, 0.15) is 5.38 Å². The van der Waals surface area contributed by atoms with Crippen molar-refractivity contribution in [2.45, 2.75) is 12.3 Å². The SMILES string of the molecule is CC(Cl)C(=O)NC(N)=O. The van der Waals surface area contributed by atoms with Gasteiger partial charge >= 0.3 is 6.03 Å². The van der Waals surface area contributed by atoms with Crippen LogP contribution < -0.4 is 11.1 Å². The first-order valence-electron chi connectivity index (χ1n) is 2.28. The normalized spacial score (nSPS) is 12.2. The van der Waals surface area contributed by atoms with Crippen LogP contribution in [0.3, 0.4) is 0 Å². The number of hydrogen-bond acceptors (Lipinski definition) is 2. The van der Waals surface area contributed by atoms with E-state index < -0.39 is 17.3 Å². The molecule has 4 nitrogen and oxygen atoms in total. The quantitative estimate of drug-likeness (QED) is 0.509. The zero-order valence-electron chi connectivity index (χ0n) is 4.85. The van der Waals surface area contributed by atoms with Crippen molar-refractivity contribution in [2.75, 3.05) is 0 Å². The molecule has 1 unspecified atom stereocenters. The molecular weight excluding hydrogens is 144 g/mol. The van der Waals surface area contributed by atoms with Crippen molar-refractivity contribution in [1.29, 1.82) is 0 Å². The Balaban J connectivity index is 3.64. The molecule has 0 spiro atoms. The second-order valence-corrected chi connectivity index (χ2v) is 2.12. The number of carbonyl (C=O) groups excluding carboxylic acids is 2. The maximum Gasteiger partial charge on any atom is 0.318 e. The monoisotopic (exact) mass is 150 g/mol. The number of imide groups is 1. The standard InChI is InChI=1S/C4H7ClN2O2/c1-2(5)3(8)7-4(6)9/h2H,1H3,(H3,6,7,8,9). The lowest BCUT2D eigenvalue weighted by atomic mass is 10.4. The summed E-state index contributed by atoms with van der Waals surface area (Å²) in [5, 5.41) is 1.09. The van der Waals surface area contributed by atoms with E-state index in [2.05, 4.69) is 5.73 Å². The summed E-state index contributed by atoms with van der Waals surface area (Å²) in [4.78, 5) is 20.4. The predicted octanol–water partition coefficient (Wildman–Crippen LogP) is -0.191. The summed E-state index contributed by atoms with van der Waals surface area (Å²) < 4.78 is 0. The molecule has 0 fully saturated rings. The van der Waals surface area contributed by atoms with E-state index >= 15 is 0 Å². The summed E-state index contributed by atoms with van der Waals surface area (Å²) in [5.74, 6) is -0.579. The zero-order valence-corrected chi connectivity index (χ0v) is 5.61. The molecule has 0 radical (unpaired) electrons. The summed E-state index contributed by atoms with van der Waals surface area (Å²) in [6, 6.07) is -0.882. The minimum Gasteiger partial charge on any atom is -0.351 e. The molecule has 0 aromatic carbocycles. The third-order valence-corrected chi connectivity index (χ3v) is 0.806. The lowest BCUT2D eigenvalue weighted by molar-refractivity contribution is -0.119. The van der Waals surface area contributed by atoms with Crippen LogP contribution in [0, 0.1) is 0 Å². The molecule has 1 atom stereocenters. The largest absolute Gasteiger partial charge is 0.351 e. The highest BCUT2D eigenvalue weighted by Crippen LogP contribution is 1.90. The van der Waals surface area contributed by atoms with Crippen LogP contribution in [0.2, 0.25) is 0 Å². The minimum absolute atomic E-state index is 0.579. The number of urea groups is 1. The fourth-order valence-electron chi connectivity index (χ4n) is 0.221. The fourth-order valence-corrected chi connectivity index (χ4v) is 0.275. The van der Waals surface area contributed by atoms with Gasteiger partial charge in [0.05, 0.1) is 0 Å². The van der Waals surface area contributed by atoms with Crippen LogP contribution in [0.1, 0.15) is 6.92 Å². The highest BCUT2D eigenvalue weighted by Gasteiger charge is 2.09. The molecule has 0 aliphatic rings. The van der Waals surface area contributed by atoms with E-state index in [1.54, 1.807) is 0 Å². The molecular formula is C4H7ClN2O2. The Labute approximate surface area is 57.4 Å². The van der Waals surface area contributed by atoms with Crippen LogP contribution >= 0.6 is 11.6 Å². The Morgan fingerprint density at radius 2 is 2.11 bits per heavy atom. The minimum atomic E-state index is -0.882. The molecule has 0 heterocycles. The van der Waals surface area contributed by atoms with Crippen LogP contribution in [-0.2, 0) is 4.79 Å². The number of hydrogen-bond donors (Lipinski definition) is 2. The third-order valence-electron chi connectivity index (χ3n) is 0.608. The third kappa shape index (κ3) is 3.78. The van der Waals surface area contributed by atoms with Crippen LogP contribution in [0.4, 0.5) is 4.79 Å². The predicted molar refractivity (Wildman–Crippen MR) is 33.0 cm³/mol. The number of rotatable bonds is 1. The maximum atomic E-state index is 10.4. The summed E-state index contributed by atoms with van der Waals surface area (Å²) in [5.41, 5.74) is 4.60. The Morgan fingerprint density at radius 1 is 1.67 bits per heavy atom. The van der Waals surface area contributed by atoms with Crippen molar-refractivity contribution in [3.05, 3.63) is 0 Å². The Bertz CT molecular complexity index is 135. The van der Waals surface area contributed by atoms with Crippen molar-refractivity contribution < 1.29 is 9.59 Å². The van der Waals surface area contributed by atoms with Gasteiger partial charge in [0.25, 0.3) is 0 Å². The summed E-state index contributed by atoms with van der Waals surface area (Å²) in [7, 11) is 0. The van der Waals surface area contributed by atoms with Gasteiger partial charge in [0.15, 0.2) is 0 Å². The average Bonchev–Trinajstić information content (AvgIpc) is 1.63. The van der Waals surface area contributed by atoms with Gasteiger partial charge in [-0.2, -0.15) is 0 Å². The highest BCUT2D eigenvalue weighted by molar-refractivity contribution is 6.31. The Kier molecular flexibility index (Phi) is 3.01. The van der Waals surface area contributed by atoms with Crippen molar-refractivity contribution in [3.63, 3.8) is 0 Å². The van der Waals surface area contributed by atoms with E-state index in [-0.39, 0.29) is 0 Å². The second kappa shape index (κ2) is 3.29. The van der Waals surface area contributed by atoms with Gasteiger partial charge in [0.2, 0.25) is 5.91 Å². The molecule has 0 bridgehead atoms. The highest BCUT2D eigenvalue weighted by atomic mass is 35.5. The molecule has 3 N–H and O–H groups in total. The number of alkyl halides is 1. The first kappa shape index (κ1) is 8.23. The van der Waals surface area contributed by atoms with Gasteiger partial charge < -0.3 is 5.73 Å². The van der Waals surface area contributed by atoms with Crippen molar-refractivity contribution in [2.24, 2.45) is 5.73 Å². The summed E-state index contributed by atoms with van der Waals surface area (Å²) >= 11 is 5.25. The maximum absolute atomic E-state index is 10.4. The molecule has 3 amide bonds. The van der Waals surface area contributed by atoms with Crippen LogP contribution in [0.25, 0.3) is 0 Å². The Morgan fingerprint density at radius 3 is 2.22 bits per heavy atom. The molecule has 0 saturated heterocycles. The van der Waals surface area contributed by atoms with Gasteiger partial charge in [0, 0.05) is 0 Å². The molecule has 52 valence electrons. The number of carbonyl (C=O) groups is 2. The molecule has 0 aromatic heterocycles. The average molecular weight is 151 g/mol. The van der Waals surface area contributed by atoms with Gasteiger partial charge in [-0.25, -0.2) is 4.79 Å². The van der Waals surface area contributed by atoms with Gasteiger partial charge in [-0.15, -0.1) is 11.6 Å². The van der Waals surface area contributed by atoms with Crippen LogP contribution in [0.15, 0.2) is 0 Å². The van der Waals surface area contributed by atoms with E-state index in [0.717, 1.165) is 0 Å². The second-order valence-electron chi connectivity index (χ2n) is 1.47. The topological polar surface area (TPSA) is 72.2 Å². The molecule has 9 heavy (non-hydrogen) atoms. The van der Waals surface area contributed by atoms with Gasteiger partial charge in [-0.3, -0.25) is 10.1 Å². The van der Waals surface area contributed by atoms with E-state index in [1.807, 2.05) is 5.32 Å². The molecule has 5 heteroatoms. The van der Waals surface area contributed by atoms with Crippen LogP contribution in [0.5, 0.6) is 0 Å². The fraction of sp³-hybridized carbons (Fsp3) is 0.500. The summed E-state index contributed by atoms with van der Waals surface area (Å²) in [6.45, 7) is 1.44. The molecule has 0 saturated carbocycles. The lowest BCUT2D eigenvalue weighted by Gasteiger charge is -1.99. The molecule has 0 aliphatic carbocycles. The number of nitrogens with one attached hydrogen (secondary N) is 1. The lowest BCUT2D eigenvalue weighted by Crippen LogP contribution is -2.38. The van der Waals surface area contributed by atoms with Crippen LogP contribution in [-0.4, -0.2) is 17.3 Å². The van der Waals surface area contributed by atoms with Gasteiger partial charge in [-0.05, 0) is 6.92 Å². The molecule has 0 aliphatic heterocycles. The van der Waals surface area contributed by atoms with Crippen molar-refractivity contribution >= 4 is 23.5 Å². The first-order chi connectivity index (χ1) is 4.04. The summed E-state index contributed by atoms with van der Waals surface area (Å²) in [6.07, 6.45) is 0. The molecule has 0 aromatic rings. The van der Waals surface area contributed by atoms with E-state index in [4.69, 9.17) is 11.6 Å². The smallest absolute Gasteiger partial charge is 0.318 e. The Hall–Kier alpha value is -0.770.